The highest BCUT2D eigenvalue weighted by Gasteiger charge is 2.90. The summed E-state index contributed by atoms with van der Waals surface area (Å²) in [6, 6.07) is 0. The first kappa shape index (κ1) is 31.8. The zero-order valence-corrected chi connectivity index (χ0v) is 26.3. The number of aliphatic hydroxyl groups is 3. The minimum atomic E-state index is -2.38. The van der Waals surface area contributed by atoms with E-state index in [2.05, 4.69) is 19.6 Å². The van der Waals surface area contributed by atoms with E-state index in [1.807, 2.05) is 19.9 Å². The number of ketones is 1. The Bertz CT molecular complexity index is 1320. The first-order chi connectivity index (χ1) is 20.9. The Balaban J connectivity index is 1.55. The van der Waals surface area contributed by atoms with Gasteiger partial charge in [0.2, 0.25) is 0 Å². The second-order valence-electron chi connectivity index (χ2n) is 13.6. The Hall–Kier alpha value is -2.18. The van der Waals surface area contributed by atoms with Gasteiger partial charge in [-0.05, 0) is 44.3 Å². The van der Waals surface area contributed by atoms with Crippen LogP contribution in [0.25, 0.3) is 0 Å². The van der Waals surface area contributed by atoms with Gasteiger partial charge in [-0.2, -0.15) is 0 Å². The van der Waals surface area contributed by atoms with Crippen molar-refractivity contribution in [3.05, 3.63) is 48.1 Å². The van der Waals surface area contributed by atoms with E-state index in [-0.39, 0.29) is 12.0 Å². The van der Waals surface area contributed by atoms with Crippen LogP contribution in [0, 0.1) is 17.8 Å². The van der Waals surface area contributed by atoms with Gasteiger partial charge in [-0.15, -0.1) is 0 Å². The number of fused-ring (bicyclic) bond motifs is 3. The summed E-state index contributed by atoms with van der Waals surface area (Å²) < 4.78 is 32.9. The van der Waals surface area contributed by atoms with Crippen LogP contribution in [0.2, 0.25) is 0 Å². The smallest absolute Gasteiger partial charge is 0.307 e. The van der Waals surface area contributed by atoms with Crippen LogP contribution in [0.5, 0.6) is 0 Å². The van der Waals surface area contributed by atoms with Crippen LogP contribution in [0.3, 0.4) is 0 Å². The molecule has 3 N–H and O–H groups in total. The molecule has 6 aliphatic rings. The average molecular weight is 615 g/mol. The maximum Gasteiger partial charge on any atom is 0.307 e. The third-order valence-electron chi connectivity index (χ3n) is 11.0. The molecule has 5 fully saturated rings. The largest absolute Gasteiger partial charge is 0.458 e. The molecule has 0 aromatic carbocycles. The van der Waals surface area contributed by atoms with Crippen molar-refractivity contribution in [1.29, 1.82) is 0 Å². The van der Waals surface area contributed by atoms with Crippen molar-refractivity contribution in [2.75, 3.05) is 6.61 Å². The fourth-order valence-corrected chi connectivity index (χ4v) is 8.89. The first-order valence-corrected chi connectivity index (χ1v) is 16.1. The van der Waals surface area contributed by atoms with E-state index >= 15 is 0 Å². The van der Waals surface area contributed by atoms with Crippen molar-refractivity contribution < 1.29 is 48.6 Å². The predicted molar refractivity (Wildman–Crippen MR) is 158 cm³/mol. The number of carbonyl (C=O) groups excluding carboxylic acids is 2. The van der Waals surface area contributed by atoms with Crippen molar-refractivity contribution in [2.45, 2.75) is 126 Å². The van der Waals surface area contributed by atoms with Gasteiger partial charge in [0.05, 0.1) is 12.2 Å². The summed E-state index contributed by atoms with van der Waals surface area (Å²) in [4.78, 5) is 26.9. The van der Waals surface area contributed by atoms with Crippen LogP contribution in [0.1, 0.15) is 73.1 Å². The normalized spacial score (nSPS) is 48.2. The topological polar surface area (TPSA) is 144 Å². The van der Waals surface area contributed by atoms with E-state index in [4.69, 9.17) is 23.7 Å². The minimum absolute atomic E-state index is 0.176. The van der Waals surface area contributed by atoms with Crippen LogP contribution in [-0.4, -0.2) is 86.5 Å². The number of hydrogen-bond donors (Lipinski definition) is 3. The average Bonchev–Trinajstić information content (AvgIpc) is 3.61. The first-order valence-electron chi connectivity index (χ1n) is 16.1. The molecule has 242 valence electrons. The number of Topliss-reactive ketones (excluding diaryl/α,β-unsaturated/α-hetero) is 1. The highest BCUT2D eigenvalue weighted by Crippen LogP contribution is 2.73. The highest BCUT2D eigenvalue weighted by atomic mass is 16.9. The maximum absolute atomic E-state index is 13.7. The summed E-state index contributed by atoms with van der Waals surface area (Å²) in [5.74, 6) is -5.45. The molecule has 3 heterocycles. The fourth-order valence-electron chi connectivity index (χ4n) is 8.89. The van der Waals surface area contributed by atoms with Gasteiger partial charge in [0.1, 0.15) is 30.0 Å². The minimum Gasteiger partial charge on any atom is -0.458 e. The Morgan fingerprint density at radius 3 is 2.55 bits per heavy atom. The van der Waals surface area contributed by atoms with Gasteiger partial charge in [0.15, 0.2) is 17.0 Å². The summed E-state index contributed by atoms with van der Waals surface area (Å²) in [6.45, 7) is 12.9. The van der Waals surface area contributed by atoms with Crippen LogP contribution in [0.15, 0.2) is 48.1 Å². The number of epoxide rings is 1. The SMILES string of the molecule is C=C(C)[C@@]12O[C@@]3(/C=C/C=C/CCCCC)O[C@@H]1[C@@H]1[C@@H]4O[C@]4(CO)[C@@H](O)[C@]4(O)C(=O)C(C)=C[C@H]4[C@@]1(O3)[C@H](C)[C@H]2OC(=O)CCC. The molecule has 3 aliphatic heterocycles. The van der Waals surface area contributed by atoms with Crippen LogP contribution >= 0.6 is 0 Å². The third-order valence-corrected chi connectivity index (χ3v) is 11.0. The second kappa shape index (κ2) is 10.7. The zero-order chi connectivity index (χ0) is 31.9. The molecule has 0 radical (unpaired) electrons. The van der Waals surface area contributed by atoms with E-state index in [1.54, 1.807) is 32.1 Å². The lowest BCUT2D eigenvalue weighted by Gasteiger charge is -2.61. The Morgan fingerprint density at radius 1 is 1.14 bits per heavy atom. The summed E-state index contributed by atoms with van der Waals surface area (Å²) in [6.07, 6.45) is 9.52. The number of allylic oxidation sites excluding steroid dienone is 3. The monoisotopic (exact) mass is 614 g/mol. The number of carbonyl (C=O) groups is 2. The number of rotatable bonds is 11. The van der Waals surface area contributed by atoms with E-state index < -0.39 is 88.9 Å². The molecule has 0 unspecified atom stereocenters. The molecule has 6 rings (SSSR count). The maximum atomic E-state index is 13.7. The Kier molecular flexibility index (Phi) is 7.72. The molecule has 2 saturated carbocycles. The zero-order valence-electron chi connectivity index (χ0n) is 26.3. The molecule has 0 aromatic rings. The standard InChI is InChI=1S/C34H46O10/c1-7-9-10-11-12-13-14-16-31-42-28-24-27-30(18-35,41-27)29(38)32(39)22(17-20(5)25(32)37)34(24,44-31)21(6)26(40-23(36)15-8-2)33(28,43-31)19(3)4/h12-14,16-17,21-22,24,26-29,35,38-39H,3,7-11,15,18H2,1-2,4-6H3/b13-12+,16-14+/t21-,22-,24+,26-,27+,28-,29-,30+,31-,32-,33+,34+/m1/s1. The number of unbranched alkanes of at least 4 members (excludes halogenated alkanes) is 3. The molecule has 44 heavy (non-hydrogen) atoms. The van der Waals surface area contributed by atoms with Gasteiger partial charge in [-0.25, -0.2) is 0 Å². The van der Waals surface area contributed by atoms with Crippen molar-refractivity contribution >= 4 is 11.8 Å². The van der Waals surface area contributed by atoms with Crippen LogP contribution in [0.4, 0.5) is 0 Å². The van der Waals surface area contributed by atoms with Gasteiger partial charge < -0.3 is 39.0 Å². The number of esters is 1. The second-order valence-corrected chi connectivity index (χ2v) is 13.6. The molecule has 3 saturated heterocycles. The highest BCUT2D eigenvalue weighted by molar-refractivity contribution is 6.05. The van der Waals surface area contributed by atoms with Crippen molar-refractivity contribution in [1.82, 2.24) is 0 Å². The molecule has 0 aromatic heterocycles. The van der Waals surface area contributed by atoms with Crippen molar-refractivity contribution in [2.24, 2.45) is 17.8 Å². The number of aliphatic hydroxyl groups excluding tert-OH is 2. The summed E-state index contributed by atoms with van der Waals surface area (Å²) in [7, 11) is 0. The summed E-state index contributed by atoms with van der Waals surface area (Å²) in [5, 5.41) is 34.7. The van der Waals surface area contributed by atoms with Crippen LogP contribution < -0.4 is 0 Å². The number of hydrogen-bond acceptors (Lipinski definition) is 10. The third kappa shape index (κ3) is 3.91. The molecule has 10 heteroatoms. The van der Waals surface area contributed by atoms with E-state index in [0.717, 1.165) is 25.7 Å². The molecule has 0 amide bonds. The summed E-state index contributed by atoms with van der Waals surface area (Å²) in [5.41, 5.74) is -6.11. The van der Waals surface area contributed by atoms with Crippen molar-refractivity contribution in [3.63, 3.8) is 0 Å². The van der Waals surface area contributed by atoms with Gasteiger partial charge in [0, 0.05) is 30.3 Å². The van der Waals surface area contributed by atoms with Gasteiger partial charge in [-0.1, -0.05) is 64.5 Å². The van der Waals surface area contributed by atoms with Crippen molar-refractivity contribution in [3.8, 4) is 0 Å². The molecule has 10 nitrogen and oxygen atoms in total. The van der Waals surface area contributed by atoms with E-state index in [0.29, 0.717) is 12.0 Å². The lowest BCUT2D eigenvalue weighted by Crippen LogP contribution is -2.76. The Labute approximate surface area is 258 Å². The molecule has 3 aliphatic carbocycles. The predicted octanol–water partition coefficient (Wildman–Crippen LogP) is 3.19. The lowest BCUT2D eigenvalue weighted by molar-refractivity contribution is -0.407. The molecule has 12 atom stereocenters. The Morgan fingerprint density at radius 2 is 1.89 bits per heavy atom. The van der Waals surface area contributed by atoms with E-state index in [1.165, 1.54) is 0 Å². The quantitative estimate of drug-likeness (QED) is 0.104. The number of ether oxygens (including phenoxy) is 5. The fraction of sp³-hybridized carbons (Fsp3) is 0.706. The summed E-state index contributed by atoms with van der Waals surface area (Å²) >= 11 is 0. The van der Waals surface area contributed by atoms with Gasteiger partial charge in [-0.3, -0.25) is 9.59 Å². The molecular weight excluding hydrogens is 568 g/mol. The van der Waals surface area contributed by atoms with Gasteiger partial charge in [0.25, 0.3) is 0 Å². The molecule has 3 bridgehead atoms. The van der Waals surface area contributed by atoms with Crippen LogP contribution in [-0.2, 0) is 33.3 Å². The lowest BCUT2D eigenvalue weighted by atomic mass is 9.53. The molecule has 0 spiro atoms. The van der Waals surface area contributed by atoms with E-state index in [9.17, 15) is 24.9 Å². The molecular formula is C34H46O10. The van der Waals surface area contributed by atoms with Gasteiger partial charge >= 0.3 is 11.9 Å².